The highest BCUT2D eigenvalue weighted by Crippen LogP contribution is 2.27. The van der Waals surface area contributed by atoms with Gasteiger partial charge in [-0.2, -0.15) is 0 Å². The number of nitrogens with zero attached hydrogens (tertiary/aromatic N) is 2. The summed E-state index contributed by atoms with van der Waals surface area (Å²) in [7, 11) is -4.10. The van der Waals surface area contributed by atoms with Crippen LogP contribution in [0.3, 0.4) is 0 Å². The molecule has 3 rings (SSSR count). The van der Waals surface area contributed by atoms with Gasteiger partial charge in [0.1, 0.15) is 12.6 Å². The summed E-state index contributed by atoms with van der Waals surface area (Å²) in [4.78, 5) is 28.9. The van der Waals surface area contributed by atoms with Gasteiger partial charge in [0.25, 0.3) is 10.0 Å². The Morgan fingerprint density at radius 3 is 2.12 bits per heavy atom. The van der Waals surface area contributed by atoms with E-state index >= 15 is 0 Å². The summed E-state index contributed by atoms with van der Waals surface area (Å²) in [5.74, 6) is -0.742. The molecule has 2 amide bonds. The van der Waals surface area contributed by atoms with E-state index in [0.29, 0.717) is 23.7 Å². The fourth-order valence-electron chi connectivity index (χ4n) is 4.56. The minimum absolute atomic E-state index is 0.0792. The Kier molecular flexibility index (Phi) is 11.2. The van der Waals surface area contributed by atoms with E-state index in [2.05, 4.69) is 5.32 Å². The van der Waals surface area contributed by atoms with Gasteiger partial charge in [0.05, 0.1) is 10.6 Å². The first kappa shape index (κ1) is 31.2. The second kappa shape index (κ2) is 14.3. The van der Waals surface area contributed by atoms with Crippen molar-refractivity contribution in [1.29, 1.82) is 0 Å². The Morgan fingerprint density at radius 2 is 1.55 bits per heavy atom. The van der Waals surface area contributed by atoms with Gasteiger partial charge < -0.3 is 10.2 Å². The molecule has 0 heterocycles. The van der Waals surface area contributed by atoms with E-state index in [-0.39, 0.29) is 17.3 Å². The van der Waals surface area contributed by atoms with E-state index in [4.69, 9.17) is 11.6 Å². The molecular formula is C31H38ClN3O4S. The second-order valence-electron chi connectivity index (χ2n) is 9.89. The van der Waals surface area contributed by atoms with Crippen LogP contribution in [0.5, 0.6) is 0 Å². The summed E-state index contributed by atoms with van der Waals surface area (Å²) in [5.41, 5.74) is 2.91. The number of hydrogen-bond donors (Lipinski definition) is 1. The number of benzene rings is 3. The van der Waals surface area contributed by atoms with Crippen LogP contribution in [0.15, 0.2) is 77.7 Å². The minimum Gasteiger partial charge on any atom is -0.354 e. The van der Waals surface area contributed by atoms with E-state index in [1.54, 1.807) is 54.6 Å². The lowest BCUT2D eigenvalue weighted by Crippen LogP contribution is -2.52. The quantitative estimate of drug-likeness (QED) is 0.255. The van der Waals surface area contributed by atoms with Crippen molar-refractivity contribution in [2.24, 2.45) is 0 Å². The lowest BCUT2D eigenvalue weighted by atomic mass is 10.1. The zero-order chi connectivity index (χ0) is 29.3. The van der Waals surface area contributed by atoms with Crippen LogP contribution < -0.4 is 9.62 Å². The third-order valence-electron chi connectivity index (χ3n) is 6.59. The molecule has 0 aromatic heterocycles. The van der Waals surface area contributed by atoms with Crippen molar-refractivity contribution in [2.45, 2.75) is 64.4 Å². The van der Waals surface area contributed by atoms with Gasteiger partial charge in [0.15, 0.2) is 0 Å². The van der Waals surface area contributed by atoms with Crippen molar-refractivity contribution in [3.8, 4) is 0 Å². The molecular weight excluding hydrogens is 546 g/mol. The van der Waals surface area contributed by atoms with Gasteiger partial charge in [-0.05, 0) is 79.8 Å². The topological polar surface area (TPSA) is 86.8 Å². The van der Waals surface area contributed by atoms with E-state index < -0.39 is 28.5 Å². The standard InChI is InChI=1S/C31H38ClN3O4S/c1-5-7-17-33-31(37)29(6-2)34(21-25-13-15-26(32)16-14-25)30(36)22-35(27-19-23(3)18-24(4)20-27)40(38,39)28-11-9-8-10-12-28/h8-16,18-20,29H,5-7,17,21-22H2,1-4H3,(H,33,37)/t29-/m1/s1. The van der Waals surface area contributed by atoms with Crippen LogP contribution in [-0.2, 0) is 26.2 Å². The van der Waals surface area contributed by atoms with E-state index in [0.717, 1.165) is 33.8 Å². The van der Waals surface area contributed by atoms with Crippen LogP contribution in [0, 0.1) is 13.8 Å². The monoisotopic (exact) mass is 583 g/mol. The molecule has 1 N–H and O–H groups in total. The number of carbonyl (C=O) groups is 2. The summed E-state index contributed by atoms with van der Waals surface area (Å²) < 4.78 is 29.0. The van der Waals surface area contributed by atoms with E-state index in [9.17, 15) is 18.0 Å². The van der Waals surface area contributed by atoms with Gasteiger partial charge in [0.2, 0.25) is 11.8 Å². The molecule has 0 saturated carbocycles. The van der Waals surface area contributed by atoms with Crippen LogP contribution >= 0.6 is 11.6 Å². The first-order chi connectivity index (χ1) is 19.1. The number of unbranched alkanes of at least 4 members (excludes halogenated alkanes) is 1. The molecule has 3 aromatic rings. The van der Waals surface area contributed by atoms with Gasteiger partial charge in [-0.3, -0.25) is 13.9 Å². The summed E-state index contributed by atoms with van der Waals surface area (Å²) in [6, 6.07) is 19.8. The zero-order valence-electron chi connectivity index (χ0n) is 23.6. The van der Waals surface area contributed by atoms with Gasteiger partial charge in [-0.1, -0.05) is 68.3 Å². The molecule has 40 heavy (non-hydrogen) atoms. The number of sulfonamides is 1. The molecule has 214 valence electrons. The number of rotatable bonds is 13. The fraction of sp³-hybridized carbons (Fsp3) is 0.355. The Morgan fingerprint density at radius 1 is 0.925 bits per heavy atom. The maximum absolute atomic E-state index is 14.1. The van der Waals surface area contributed by atoms with Crippen LogP contribution in [0.2, 0.25) is 5.02 Å². The number of carbonyl (C=O) groups excluding carboxylic acids is 2. The van der Waals surface area contributed by atoms with E-state index in [1.807, 2.05) is 33.8 Å². The van der Waals surface area contributed by atoms with E-state index in [1.165, 1.54) is 17.0 Å². The van der Waals surface area contributed by atoms with Crippen LogP contribution in [0.1, 0.15) is 49.8 Å². The van der Waals surface area contributed by atoms with Gasteiger partial charge in [-0.15, -0.1) is 0 Å². The predicted molar refractivity (Wildman–Crippen MR) is 161 cm³/mol. The zero-order valence-corrected chi connectivity index (χ0v) is 25.1. The molecule has 0 aliphatic heterocycles. The summed E-state index contributed by atoms with van der Waals surface area (Å²) in [5, 5.41) is 3.49. The molecule has 7 nitrogen and oxygen atoms in total. The first-order valence-electron chi connectivity index (χ1n) is 13.5. The molecule has 0 saturated heterocycles. The summed E-state index contributed by atoms with van der Waals surface area (Å²) in [6.07, 6.45) is 2.11. The number of aryl methyl sites for hydroxylation is 2. The van der Waals surface area contributed by atoms with Crippen molar-refractivity contribution in [1.82, 2.24) is 10.2 Å². The van der Waals surface area contributed by atoms with Crippen LogP contribution in [0.4, 0.5) is 5.69 Å². The highest BCUT2D eigenvalue weighted by atomic mass is 35.5. The lowest BCUT2D eigenvalue weighted by Gasteiger charge is -2.33. The van der Waals surface area contributed by atoms with Crippen LogP contribution in [-0.4, -0.2) is 44.3 Å². The first-order valence-corrected chi connectivity index (χ1v) is 15.4. The Hall–Kier alpha value is -3.36. The maximum Gasteiger partial charge on any atom is 0.264 e. The third-order valence-corrected chi connectivity index (χ3v) is 8.63. The molecule has 0 fully saturated rings. The number of nitrogens with one attached hydrogen (secondary N) is 1. The second-order valence-corrected chi connectivity index (χ2v) is 12.2. The van der Waals surface area contributed by atoms with Crippen LogP contribution in [0.25, 0.3) is 0 Å². The Labute approximate surface area is 243 Å². The molecule has 0 spiro atoms. The van der Waals surface area contributed by atoms with Crippen molar-refractivity contribution in [2.75, 3.05) is 17.4 Å². The molecule has 9 heteroatoms. The molecule has 3 aromatic carbocycles. The Bertz CT molecular complexity index is 1380. The highest BCUT2D eigenvalue weighted by Gasteiger charge is 2.33. The lowest BCUT2D eigenvalue weighted by molar-refractivity contribution is -0.140. The normalized spacial score (nSPS) is 12.0. The maximum atomic E-state index is 14.1. The average molecular weight is 584 g/mol. The van der Waals surface area contributed by atoms with Gasteiger partial charge >= 0.3 is 0 Å². The predicted octanol–water partition coefficient (Wildman–Crippen LogP) is 5.88. The summed E-state index contributed by atoms with van der Waals surface area (Å²) >= 11 is 6.07. The highest BCUT2D eigenvalue weighted by molar-refractivity contribution is 7.92. The van der Waals surface area contributed by atoms with Crippen molar-refractivity contribution >= 4 is 39.1 Å². The molecule has 0 bridgehead atoms. The van der Waals surface area contributed by atoms with Gasteiger partial charge in [-0.25, -0.2) is 8.42 Å². The number of halogens is 1. The molecule has 0 aliphatic rings. The van der Waals surface area contributed by atoms with Crippen molar-refractivity contribution < 1.29 is 18.0 Å². The molecule has 0 unspecified atom stereocenters. The smallest absolute Gasteiger partial charge is 0.264 e. The van der Waals surface area contributed by atoms with Crippen molar-refractivity contribution in [3.63, 3.8) is 0 Å². The summed E-state index contributed by atoms with van der Waals surface area (Å²) in [6.45, 7) is 7.81. The number of anilines is 1. The average Bonchev–Trinajstić information content (AvgIpc) is 2.92. The SMILES string of the molecule is CCCCNC(=O)[C@@H](CC)N(Cc1ccc(Cl)cc1)C(=O)CN(c1cc(C)cc(C)c1)S(=O)(=O)c1ccccc1. The third kappa shape index (κ3) is 8.08. The van der Waals surface area contributed by atoms with Crippen molar-refractivity contribution in [3.05, 3.63) is 94.5 Å². The molecule has 0 aliphatic carbocycles. The fourth-order valence-corrected chi connectivity index (χ4v) is 6.10. The Balaban J connectivity index is 2.05. The minimum atomic E-state index is -4.10. The molecule has 1 atom stereocenters. The number of amides is 2. The number of hydrogen-bond acceptors (Lipinski definition) is 4. The molecule has 0 radical (unpaired) electrons. The largest absolute Gasteiger partial charge is 0.354 e. The van der Waals surface area contributed by atoms with Gasteiger partial charge in [0, 0.05) is 18.1 Å².